The molecule has 0 bridgehead atoms. The van der Waals surface area contributed by atoms with E-state index in [-0.39, 0.29) is 0 Å². The number of ether oxygens (including phenoxy) is 1. The molecule has 0 saturated carbocycles. The molecule has 19 heavy (non-hydrogen) atoms. The van der Waals surface area contributed by atoms with E-state index < -0.39 is 0 Å². The minimum absolute atomic E-state index is 0.793. The molecule has 108 valence electrons. The van der Waals surface area contributed by atoms with Crippen LogP contribution in [0.1, 0.15) is 25.2 Å². The summed E-state index contributed by atoms with van der Waals surface area (Å²) < 4.78 is 5.29. The molecule has 1 N–H and O–H groups in total. The molecule has 0 aliphatic carbocycles. The Morgan fingerprint density at radius 3 is 2.79 bits per heavy atom. The van der Waals surface area contributed by atoms with Crippen LogP contribution in [0.4, 0.5) is 0 Å². The van der Waals surface area contributed by atoms with E-state index in [0.717, 1.165) is 57.3 Å². The van der Waals surface area contributed by atoms with Gasteiger partial charge in [-0.1, -0.05) is 13.0 Å². The van der Waals surface area contributed by atoms with Crippen molar-refractivity contribution in [2.75, 3.05) is 39.4 Å². The lowest BCUT2D eigenvalue weighted by Crippen LogP contribution is -2.33. The predicted octanol–water partition coefficient (Wildman–Crippen LogP) is 1.84. The first-order chi connectivity index (χ1) is 9.26. The predicted molar refractivity (Wildman–Crippen MR) is 79.3 cm³/mol. The van der Waals surface area contributed by atoms with Crippen LogP contribution < -0.4 is 5.32 Å². The highest BCUT2D eigenvalue weighted by atomic mass is 16.5. The number of rotatable bonds is 10. The molecule has 4 heteroatoms. The van der Waals surface area contributed by atoms with Gasteiger partial charge in [0.25, 0.3) is 0 Å². The second kappa shape index (κ2) is 9.89. The van der Waals surface area contributed by atoms with Gasteiger partial charge in [-0.3, -0.25) is 9.88 Å². The molecule has 0 unspecified atom stereocenters. The summed E-state index contributed by atoms with van der Waals surface area (Å²) in [6.45, 7) is 12.8. The Labute approximate surface area is 117 Å². The molecule has 0 fully saturated rings. The van der Waals surface area contributed by atoms with Gasteiger partial charge in [0, 0.05) is 38.5 Å². The highest BCUT2D eigenvalue weighted by Gasteiger charge is 2.04. The normalized spacial score (nSPS) is 11.2. The van der Waals surface area contributed by atoms with E-state index in [1.54, 1.807) is 0 Å². The Morgan fingerprint density at radius 1 is 1.26 bits per heavy atom. The summed E-state index contributed by atoms with van der Waals surface area (Å²) >= 11 is 0. The fourth-order valence-electron chi connectivity index (χ4n) is 1.92. The number of hydrogen-bond donors (Lipinski definition) is 1. The van der Waals surface area contributed by atoms with E-state index >= 15 is 0 Å². The Balaban J connectivity index is 2.22. The van der Waals surface area contributed by atoms with Gasteiger partial charge in [-0.25, -0.2) is 0 Å². The molecule has 0 spiro atoms. The van der Waals surface area contributed by atoms with Crippen molar-refractivity contribution < 1.29 is 4.74 Å². The molecular formula is C15H27N3O. The first-order valence-corrected chi connectivity index (χ1v) is 7.19. The standard InChI is InChI=1S/C15H27N3O/c1-4-18(11-9-16-10-12-19-5-2)13-15-8-6-7-14(3)17-15/h6-8,16H,4-5,9-13H2,1-3H3. The van der Waals surface area contributed by atoms with Gasteiger partial charge in [0.2, 0.25) is 0 Å². The van der Waals surface area contributed by atoms with Crippen LogP contribution in [-0.2, 0) is 11.3 Å². The van der Waals surface area contributed by atoms with Crippen LogP contribution in [0.25, 0.3) is 0 Å². The molecule has 0 atom stereocenters. The third kappa shape index (κ3) is 7.25. The van der Waals surface area contributed by atoms with Gasteiger partial charge >= 0.3 is 0 Å². The monoisotopic (exact) mass is 265 g/mol. The van der Waals surface area contributed by atoms with Gasteiger partial charge in [0.05, 0.1) is 12.3 Å². The molecule has 0 aliphatic heterocycles. The fourth-order valence-corrected chi connectivity index (χ4v) is 1.92. The molecule has 0 aliphatic rings. The van der Waals surface area contributed by atoms with Crippen LogP contribution in [0.2, 0.25) is 0 Å². The molecule has 4 nitrogen and oxygen atoms in total. The van der Waals surface area contributed by atoms with Gasteiger partial charge in [-0.15, -0.1) is 0 Å². The Hall–Kier alpha value is -0.970. The third-order valence-corrected chi connectivity index (χ3v) is 3.01. The minimum Gasteiger partial charge on any atom is -0.380 e. The quantitative estimate of drug-likeness (QED) is 0.655. The lowest BCUT2D eigenvalue weighted by molar-refractivity contribution is 0.148. The SMILES string of the molecule is CCOCCNCCN(CC)Cc1cccc(C)n1. The van der Waals surface area contributed by atoms with Gasteiger partial charge in [0.1, 0.15) is 0 Å². The first kappa shape index (κ1) is 16.1. The van der Waals surface area contributed by atoms with Gasteiger partial charge in [0.15, 0.2) is 0 Å². The van der Waals surface area contributed by atoms with Crippen LogP contribution in [0, 0.1) is 6.92 Å². The number of nitrogens with zero attached hydrogens (tertiary/aromatic N) is 2. The van der Waals surface area contributed by atoms with E-state index in [1.165, 1.54) is 0 Å². The Morgan fingerprint density at radius 2 is 2.11 bits per heavy atom. The lowest BCUT2D eigenvalue weighted by Gasteiger charge is -2.20. The topological polar surface area (TPSA) is 37.4 Å². The maximum absolute atomic E-state index is 5.29. The average molecular weight is 265 g/mol. The van der Waals surface area contributed by atoms with Crippen LogP contribution in [0.3, 0.4) is 0 Å². The van der Waals surface area contributed by atoms with Crippen LogP contribution >= 0.6 is 0 Å². The number of pyridine rings is 1. The van der Waals surface area contributed by atoms with Gasteiger partial charge < -0.3 is 10.1 Å². The van der Waals surface area contributed by atoms with Crippen LogP contribution in [0.5, 0.6) is 0 Å². The van der Waals surface area contributed by atoms with Crippen molar-refractivity contribution in [2.45, 2.75) is 27.3 Å². The highest BCUT2D eigenvalue weighted by molar-refractivity contribution is 5.09. The molecule has 0 amide bonds. The van der Waals surface area contributed by atoms with Crippen molar-refractivity contribution in [1.29, 1.82) is 0 Å². The summed E-state index contributed by atoms with van der Waals surface area (Å²) in [4.78, 5) is 6.95. The van der Waals surface area contributed by atoms with E-state index in [0.29, 0.717) is 0 Å². The van der Waals surface area contributed by atoms with E-state index in [1.807, 2.05) is 19.9 Å². The fraction of sp³-hybridized carbons (Fsp3) is 0.667. The summed E-state index contributed by atoms with van der Waals surface area (Å²) in [6.07, 6.45) is 0. The molecule has 0 saturated heterocycles. The van der Waals surface area contributed by atoms with Crippen LogP contribution in [-0.4, -0.2) is 49.3 Å². The van der Waals surface area contributed by atoms with Crippen molar-refractivity contribution in [3.05, 3.63) is 29.6 Å². The summed E-state index contributed by atoms with van der Waals surface area (Å²) in [7, 11) is 0. The molecule has 1 aromatic rings. The first-order valence-electron chi connectivity index (χ1n) is 7.19. The maximum Gasteiger partial charge on any atom is 0.0590 e. The molecule has 0 aromatic carbocycles. The number of hydrogen-bond acceptors (Lipinski definition) is 4. The average Bonchev–Trinajstić information content (AvgIpc) is 2.41. The molecular weight excluding hydrogens is 238 g/mol. The number of likely N-dealkylation sites (N-methyl/N-ethyl adjacent to an activating group) is 1. The smallest absolute Gasteiger partial charge is 0.0590 e. The van der Waals surface area contributed by atoms with Crippen molar-refractivity contribution in [2.24, 2.45) is 0 Å². The van der Waals surface area contributed by atoms with Crippen molar-refractivity contribution in [3.8, 4) is 0 Å². The molecule has 1 aromatic heterocycles. The zero-order valence-electron chi connectivity index (χ0n) is 12.5. The molecule has 0 radical (unpaired) electrons. The second-order valence-corrected chi connectivity index (χ2v) is 4.59. The minimum atomic E-state index is 0.793. The zero-order chi connectivity index (χ0) is 13.9. The molecule has 1 heterocycles. The van der Waals surface area contributed by atoms with Crippen molar-refractivity contribution >= 4 is 0 Å². The maximum atomic E-state index is 5.29. The Kier molecular flexibility index (Phi) is 8.38. The van der Waals surface area contributed by atoms with Crippen molar-refractivity contribution in [1.82, 2.24) is 15.2 Å². The summed E-state index contributed by atoms with van der Waals surface area (Å²) in [5.41, 5.74) is 2.24. The zero-order valence-corrected chi connectivity index (χ0v) is 12.5. The summed E-state index contributed by atoms with van der Waals surface area (Å²) in [5, 5.41) is 3.40. The van der Waals surface area contributed by atoms with Gasteiger partial charge in [-0.2, -0.15) is 0 Å². The number of aromatic nitrogens is 1. The van der Waals surface area contributed by atoms with E-state index in [9.17, 15) is 0 Å². The largest absolute Gasteiger partial charge is 0.380 e. The summed E-state index contributed by atoms with van der Waals surface area (Å²) in [5.74, 6) is 0. The molecule has 1 rings (SSSR count). The number of nitrogens with one attached hydrogen (secondary N) is 1. The van der Waals surface area contributed by atoms with Crippen LogP contribution in [0.15, 0.2) is 18.2 Å². The second-order valence-electron chi connectivity index (χ2n) is 4.59. The van der Waals surface area contributed by atoms with E-state index in [4.69, 9.17) is 4.74 Å². The van der Waals surface area contributed by atoms with Gasteiger partial charge in [-0.05, 0) is 32.5 Å². The highest BCUT2D eigenvalue weighted by Crippen LogP contribution is 2.02. The Bertz CT molecular complexity index is 344. The number of aryl methyl sites for hydroxylation is 1. The van der Waals surface area contributed by atoms with E-state index in [2.05, 4.69) is 34.3 Å². The lowest BCUT2D eigenvalue weighted by atomic mass is 10.3. The summed E-state index contributed by atoms with van der Waals surface area (Å²) in [6, 6.07) is 6.21. The van der Waals surface area contributed by atoms with Crippen molar-refractivity contribution in [3.63, 3.8) is 0 Å². The third-order valence-electron chi connectivity index (χ3n) is 3.01.